The van der Waals surface area contributed by atoms with E-state index < -0.39 is 5.60 Å². The summed E-state index contributed by atoms with van der Waals surface area (Å²) in [5.74, 6) is 1.72. The van der Waals surface area contributed by atoms with Gasteiger partial charge >= 0.3 is 6.09 Å². The molecule has 0 bridgehead atoms. The van der Waals surface area contributed by atoms with Crippen LogP contribution in [-0.2, 0) is 4.74 Å². The Morgan fingerprint density at radius 1 is 1.07 bits per heavy atom. The fraction of sp³-hybridized carbons (Fsp3) is 0.528. The van der Waals surface area contributed by atoms with E-state index in [0.29, 0.717) is 22.4 Å². The van der Waals surface area contributed by atoms with Gasteiger partial charge in [-0.15, -0.1) is 0 Å². The van der Waals surface area contributed by atoms with Gasteiger partial charge in [0.05, 0.1) is 16.3 Å². The molecular weight excluding hydrogens is 572 g/mol. The van der Waals surface area contributed by atoms with Gasteiger partial charge in [-0.2, -0.15) is 5.26 Å². The van der Waals surface area contributed by atoms with Crippen LogP contribution in [0.25, 0.3) is 11.1 Å². The second-order valence-electron chi connectivity index (χ2n) is 13.3. The first-order valence-corrected chi connectivity index (χ1v) is 16.3. The second kappa shape index (κ2) is 14.5. The Balaban J connectivity index is 1.55. The zero-order valence-corrected chi connectivity index (χ0v) is 28.1. The van der Waals surface area contributed by atoms with Crippen molar-refractivity contribution in [2.75, 3.05) is 24.5 Å². The molecular formula is C36H47ClN4O3. The van der Waals surface area contributed by atoms with Gasteiger partial charge in [0, 0.05) is 36.6 Å². The van der Waals surface area contributed by atoms with Crippen LogP contribution in [0.5, 0.6) is 0 Å². The molecule has 1 saturated carbocycles. The van der Waals surface area contributed by atoms with Crippen LogP contribution in [0.15, 0.2) is 40.9 Å². The van der Waals surface area contributed by atoms with Crippen LogP contribution in [-0.4, -0.2) is 41.4 Å². The van der Waals surface area contributed by atoms with E-state index in [4.69, 9.17) is 20.9 Å². The van der Waals surface area contributed by atoms with Gasteiger partial charge in [-0.1, -0.05) is 42.2 Å². The number of aromatic nitrogens is 1. The van der Waals surface area contributed by atoms with E-state index in [9.17, 15) is 10.1 Å². The molecule has 8 heteroatoms. The fourth-order valence-electron chi connectivity index (χ4n) is 6.16. The molecule has 1 heterocycles. The highest BCUT2D eigenvalue weighted by Gasteiger charge is 2.29. The predicted octanol–water partition coefficient (Wildman–Crippen LogP) is 9.77. The highest BCUT2D eigenvalue weighted by Crippen LogP contribution is 2.39. The van der Waals surface area contributed by atoms with Gasteiger partial charge in [-0.25, -0.2) is 4.79 Å². The monoisotopic (exact) mass is 618 g/mol. The van der Waals surface area contributed by atoms with Crippen molar-refractivity contribution >= 4 is 29.1 Å². The smallest absolute Gasteiger partial charge is 0.410 e. The number of benzene rings is 2. The average Bonchev–Trinajstić information content (AvgIpc) is 3.31. The molecule has 236 valence electrons. The summed E-state index contributed by atoms with van der Waals surface area (Å²) in [6, 6.07) is 14.4. The second-order valence-corrected chi connectivity index (χ2v) is 13.7. The third-order valence-corrected chi connectivity index (χ3v) is 8.84. The number of hydrogen-bond acceptors (Lipinski definition) is 6. The van der Waals surface area contributed by atoms with Gasteiger partial charge in [0.25, 0.3) is 0 Å². The van der Waals surface area contributed by atoms with Gasteiger partial charge in [0.15, 0.2) is 0 Å². The van der Waals surface area contributed by atoms with E-state index in [-0.39, 0.29) is 6.09 Å². The Hall–Kier alpha value is -3.50. The summed E-state index contributed by atoms with van der Waals surface area (Å²) >= 11 is 6.55. The third kappa shape index (κ3) is 8.35. The first-order chi connectivity index (χ1) is 20.9. The number of amides is 1. The van der Waals surface area contributed by atoms with Crippen molar-refractivity contribution in [1.29, 1.82) is 5.26 Å². The largest absolute Gasteiger partial charge is 0.444 e. The topological polar surface area (TPSA) is 82.6 Å². The zero-order valence-electron chi connectivity index (χ0n) is 27.4. The number of anilines is 2. The quantitative estimate of drug-likeness (QED) is 0.225. The summed E-state index contributed by atoms with van der Waals surface area (Å²) in [5, 5.41) is 14.1. The number of nitrogens with zero attached hydrogens (tertiary/aromatic N) is 4. The molecule has 2 aromatic carbocycles. The molecule has 1 aliphatic carbocycles. The molecule has 0 atom stereocenters. The van der Waals surface area contributed by atoms with Crippen molar-refractivity contribution in [3.8, 4) is 17.2 Å². The highest BCUT2D eigenvalue weighted by molar-refractivity contribution is 6.32. The summed E-state index contributed by atoms with van der Waals surface area (Å²) < 4.78 is 11.2. The Bertz CT molecular complexity index is 1460. The average molecular weight is 619 g/mol. The Morgan fingerprint density at radius 2 is 1.75 bits per heavy atom. The van der Waals surface area contributed by atoms with Crippen LogP contribution in [0.1, 0.15) is 88.8 Å². The van der Waals surface area contributed by atoms with E-state index in [0.717, 1.165) is 97.7 Å². The van der Waals surface area contributed by atoms with E-state index in [1.807, 2.05) is 51.7 Å². The lowest BCUT2D eigenvalue weighted by molar-refractivity contribution is 0.0200. The van der Waals surface area contributed by atoms with Gasteiger partial charge < -0.3 is 19.1 Å². The number of aryl methyl sites for hydroxylation is 3. The minimum absolute atomic E-state index is 0.203. The summed E-state index contributed by atoms with van der Waals surface area (Å²) in [6.45, 7) is 16.3. The molecule has 0 saturated heterocycles. The Kier molecular flexibility index (Phi) is 11.0. The SMILES string of the molecule is CCCCN(CC1CCC(CN(c2ccc(C#N)c(Cl)c2)c2cc(-c3c(C)noc3C)ccc2C)CC1)C(=O)OC(C)(C)C. The van der Waals surface area contributed by atoms with Crippen LogP contribution in [0.2, 0.25) is 5.02 Å². The van der Waals surface area contributed by atoms with E-state index in [1.54, 1.807) is 6.07 Å². The van der Waals surface area contributed by atoms with Crippen LogP contribution < -0.4 is 4.90 Å². The molecule has 0 radical (unpaired) electrons. The number of ether oxygens (including phenoxy) is 1. The number of carbonyl (C=O) groups is 1. The minimum atomic E-state index is -0.502. The molecule has 0 unspecified atom stereocenters. The van der Waals surface area contributed by atoms with Crippen molar-refractivity contribution < 1.29 is 14.1 Å². The fourth-order valence-corrected chi connectivity index (χ4v) is 6.37. The number of halogens is 1. The summed E-state index contributed by atoms with van der Waals surface area (Å²) in [6.07, 6.45) is 6.09. The van der Waals surface area contributed by atoms with Crippen molar-refractivity contribution in [2.24, 2.45) is 11.8 Å². The van der Waals surface area contributed by atoms with Crippen molar-refractivity contribution in [3.05, 3.63) is 64.0 Å². The third-order valence-electron chi connectivity index (χ3n) is 8.53. The minimum Gasteiger partial charge on any atom is -0.444 e. The first kappa shape index (κ1) is 33.4. The molecule has 7 nitrogen and oxygen atoms in total. The lowest BCUT2D eigenvalue weighted by Gasteiger charge is -2.36. The van der Waals surface area contributed by atoms with Crippen LogP contribution in [0.3, 0.4) is 0 Å². The number of unbranched alkanes of at least 4 members (excludes halogenated alkanes) is 1. The lowest BCUT2D eigenvalue weighted by atomic mass is 9.81. The maximum absolute atomic E-state index is 13.0. The summed E-state index contributed by atoms with van der Waals surface area (Å²) in [7, 11) is 0. The van der Waals surface area contributed by atoms with Crippen LogP contribution in [0.4, 0.5) is 16.2 Å². The van der Waals surface area contributed by atoms with Gasteiger partial charge in [0.1, 0.15) is 17.4 Å². The van der Waals surface area contributed by atoms with E-state index in [2.05, 4.69) is 48.2 Å². The normalized spacial score (nSPS) is 16.8. The molecule has 3 aromatic rings. The molecule has 44 heavy (non-hydrogen) atoms. The van der Waals surface area contributed by atoms with Crippen LogP contribution >= 0.6 is 11.6 Å². The molecule has 0 spiro atoms. The van der Waals surface area contributed by atoms with Gasteiger partial charge in [-0.05, 0) is 121 Å². The molecule has 1 amide bonds. The summed E-state index contributed by atoms with van der Waals surface area (Å²) in [4.78, 5) is 17.3. The number of nitriles is 1. The first-order valence-electron chi connectivity index (χ1n) is 15.9. The lowest BCUT2D eigenvalue weighted by Crippen LogP contribution is -2.41. The molecule has 1 aromatic heterocycles. The molecule has 1 fully saturated rings. The zero-order chi connectivity index (χ0) is 32.0. The number of hydrogen-bond donors (Lipinski definition) is 0. The standard InChI is InChI=1S/C36H47ClN4O3/c1-8-9-18-40(35(42)43-36(5,6)7)22-27-11-13-28(14-12-27)23-41(31-17-16-30(21-38)32(37)20-31)33-19-29(15-10-24(33)2)34-25(3)39-44-26(34)4/h10,15-17,19-20,27-28H,8-9,11-14,18,22-23H2,1-7H3. The molecule has 0 N–H and O–H groups in total. The maximum Gasteiger partial charge on any atom is 0.410 e. The van der Waals surface area contributed by atoms with Crippen molar-refractivity contribution in [1.82, 2.24) is 10.1 Å². The molecule has 1 aliphatic rings. The van der Waals surface area contributed by atoms with Gasteiger partial charge in [0.2, 0.25) is 0 Å². The van der Waals surface area contributed by atoms with E-state index >= 15 is 0 Å². The highest BCUT2D eigenvalue weighted by atomic mass is 35.5. The predicted molar refractivity (Wildman–Crippen MR) is 177 cm³/mol. The maximum atomic E-state index is 13.0. The molecule has 4 rings (SSSR count). The number of rotatable bonds is 10. The van der Waals surface area contributed by atoms with Crippen molar-refractivity contribution in [2.45, 2.75) is 92.6 Å². The van der Waals surface area contributed by atoms with E-state index in [1.165, 1.54) is 0 Å². The Labute approximate surface area is 268 Å². The summed E-state index contributed by atoms with van der Waals surface area (Å²) in [5.41, 5.74) is 6.12. The van der Waals surface area contributed by atoms with Crippen LogP contribution in [0, 0.1) is 43.9 Å². The Morgan fingerprint density at radius 3 is 2.32 bits per heavy atom. The number of carbonyl (C=O) groups excluding carboxylic acids is 1. The van der Waals surface area contributed by atoms with Gasteiger partial charge in [-0.3, -0.25) is 0 Å². The van der Waals surface area contributed by atoms with Crippen molar-refractivity contribution in [3.63, 3.8) is 0 Å². The molecule has 0 aliphatic heterocycles.